The van der Waals surface area contributed by atoms with Crippen molar-refractivity contribution in [3.63, 3.8) is 0 Å². The van der Waals surface area contributed by atoms with Crippen LogP contribution in [0.25, 0.3) is 0 Å². The number of benzene rings is 1. The van der Waals surface area contributed by atoms with Crippen LogP contribution in [0.5, 0.6) is 0 Å². The number of hydrogen-bond donors (Lipinski definition) is 0. The highest BCUT2D eigenvalue weighted by molar-refractivity contribution is 6.21. The zero-order valence-electron chi connectivity index (χ0n) is 18.3. The zero-order chi connectivity index (χ0) is 22.4. The maximum atomic E-state index is 13.8. The van der Waals surface area contributed by atoms with Crippen LogP contribution in [0, 0.1) is 11.8 Å². The molecule has 3 aliphatic rings. The maximum absolute atomic E-state index is 13.8. The van der Waals surface area contributed by atoms with E-state index in [1.807, 2.05) is 24.3 Å². The molecule has 1 saturated carbocycles. The number of aromatic nitrogens is 1. The van der Waals surface area contributed by atoms with E-state index in [0.29, 0.717) is 25.0 Å². The minimum atomic E-state index is -0.467. The lowest BCUT2D eigenvalue weighted by Crippen LogP contribution is -2.44. The van der Waals surface area contributed by atoms with Gasteiger partial charge in [-0.15, -0.1) is 11.6 Å². The Hall–Kier alpha value is -2.66. The molecule has 5 rings (SSSR count). The van der Waals surface area contributed by atoms with Crippen molar-refractivity contribution in [2.45, 2.75) is 57.2 Å². The summed E-state index contributed by atoms with van der Waals surface area (Å²) >= 11 is 6.54. The number of pyridine rings is 1. The quantitative estimate of drug-likeness (QED) is 0.638. The van der Waals surface area contributed by atoms with Gasteiger partial charge in [0.1, 0.15) is 6.10 Å². The zero-order valence-corrected chi connectivity index (χ0v) is 19.1. The second-order valence-electron chi connectivity index (χ2n) is 9.13. The minimum absolute atomic E-state index is 0.0143. The fourth-order valence-electron chi connectivity index (χ4n) is 5.20. The summed E-state index contributed by atoms with van der Waals surface area (Å²) in [5.74, 6) is -0.0320. The van der Waals surface area contributed by atoms with Crippen molar-refractivity contribution in [2.75, 3.05) is 0 Å². The summed E-state index contributed by atoms with van der Waals surface area (Å²) in [5.41, 5.74) is 3.54. The Bertz CT molecular complexity index is 1070. The number of hydrogen-bond acceptors (Lipinski definition) is 4. The highest BCUT2D eigenvalue weighted by atomic mass is 35.5. The van der Waals surface area contributed by atoms with E-state index < -0.39 is 6.04 Å². The molecule has 32 heavy (non-hydrogen) atoms. The number of alkyl halides is 1. The van der Waals surface area contributed by atoms with Gasteiger partial charge >= 0.3 is 0 Å². The number of carbonyl (C=O) groups is 2. The Kier molecular flexibility index (Phi) is 5.54. The van der Waals surface area contributed by atoms with Crippen LogP contribution < -0.4 is 0 Å². The monoisotopic (exact) mass is 450 g/mol. The number of amides is 1. The molecule has 6 heteroatoms. The van der Waals surface area contributed by atoms with Gasteiger partial charge in [-0.05, 0) is 47.9 Å². The van der Waals surface area contributed by atoms with E-state index in [0.717, 1.165) is 17.5 Å². The van der Waals surface area contributed by atoms with Crippen LogP contribution in [0.4, 0.5) is 0 Å². The van der Waals surface area contributed by atoms with E-state index in [9.17, 15) is 9.59 Å². The van der Waals surface area contributed by atoms with E-state index in [1.54, 1.807) is 17.3 Å². The van der Waals surface area contributed by atoms with Crippen LogP contribution >= 0.6 is 11.6 Å². The molecule has 0 bridgehead atoms. The van der Waals surface area contributed by atoms with Gasteiger partial charge in [0.05, 0.1) is 17.5 Å². The Morgan fingerprint density at radius 2 is 1.91 bits per heavy atom. The number of fused-ring (bicyclic) bond motifs is 1. The number of halogens is 1. The third-order valence-corrected chi connectivity index (χ3v) is 7.69. The van der Waals surface area contributed by atoms with Gasteiger partial charge in [0.15, 0.2) is 11.5 Å². The first kappa shape index (κ1) is 21.2. The molecule has 0 saturated heterocycles. The van der Waals surface area contributed by atoms with Crippen LogP contribution in [-0.2, 0) is 27.3 Å². The number of Topliss-reactive ketones (excluding diaryl/α,β-unsaturated/α-hetero) is 1. The molecule has 5 nitrogen and oxygen atoms in total. The van der Waals surface area contributed by atoms with Crippen molar-refractivity contribution in [3.05, 3.63) is 76.8 Å². The summed E-state index contributed by atoms with van der Waals surface area (Å²) in [5, 5.41) is -0.0585. The normalized spacial score (nSPS) is 29.6. The van der Waals surface area contributed by atoms with Crippen molar-refractivity contribution >= 4 is 23.3 Å². The molecule has 0 radical (unpaired) electrons. The van der Waals surface area contributed by atoms with Crippen molar-refractivity contribution in [1.29, 1.82) is 0 Å². The van der Waals surface area contributed by atoms with Gasteiger partial charge in [0.2, 0.25) is 0 Å². The van der Waals surface area contributed by atoms with Crippen molar-refractivity contribution in [1.82, 2.24) is 9.88 Å². The molecule has 0 N–H and O–H groups in total. The highest BCUT2D eigenvalue weighted by Crippen LogP contribution is 2.48. The average Bonchev–Trinajstić information content (AvgIpc) is 3.08. The van der Waals surface area contributed by atoms with Gasteiger partial charge in [-0.25, -0.2) is 0 Å². The van der Waals surface area contributed by atoms with Gasteiger partial charge in [0, 0.05) is 24.3 Å². The largest absolute Gasteiger partial charge is 0.483 e. The van der Waals surface area contributed by atoms with Crippen LogP contribution in [0.2, 0.25) is 0 Å². The van der Waals surface area contributed by atoms with Crippen molar-refractivity contribution in [3.8, 4) is 0 Å². The van der Waals surface area contributed by atoms with Crippen LogP contribution in [0.3, 0.4) is 0 Å². The first-order chi connectivity index (χ1) is 15.5. The molecule has 1 aromatic heterocycles. The molecule has 1 amide bonds. The molecule has 1 aromatic carbocycles. The van der Waals surface area contributed by atoms with E-state index in [1.165, 1.54) is 5.56 Å². The van der Waals surface area contributed by atoms with E-state index in [2.05, 4.69) is 31.0 Å². The first-order valence-corrected chi connectivity index (χ1v) is 11.8. The van der Waals surface area contributed by atoms with Gasteiger partial charge in [-0.3, -0.25) is 14.6 Å². The Labute approximate surface area is 193 Å². The molecule has 1 fully saturated rings. The third kappa shape index (κ3) is 3.53. The molecule has 5 unspecified atom stereocenters. The molecule has 2 aromatic rings. The Morgan fingerprint density at radius 1 is 1.12 bits per heavy atom. The molecular weight excluding hydrogens is 424 g/mol. The first-order valence-electron chi connectivity index (χ1n) is 11.4. The number of aryl methyl sites for hydroxylation is 1. The van der Waals surface area contributed by atoms with Crippen LogP contribution in [-0.4, -0.2) is 33.1 Å². The number of nitrogens with zero attached hydrogens (tertiary/aromatic N) is 2. The van der Waals surface area contributed by atoms with E-state index >= 15 is 0 Å². The van der Waals surface area contributed by atoms with Gasteiger partial charge < -0.3 is 9.64 Å². The summed E-state index contributed by atoms with van der Waals surface area (Å²) in [7, 11) is 0. The maximum Gasteiger partial charge on any atom is 0.290 e. The highest BCUT2D eigenvalue weighted by Gasteiger charge is 2.53. The fraction of sp³-hybridized carbons (Fsp3) is 0.423. The van der Waals surface area contributed by atoms with Crippen LogP contribution in [0.15, 0.2) is 60.1 Å². The lowest BCUT2D eigenvalue weighted by molar-refractivity contribution is -0.136. The number of rotatable bonds is 4. The second kappa shape index (κ2) is 8.36. The summed E-state index contributed by atoms with van der Waals surface area (Å²) in [6.45, 7) is 4.55. The van der Waals surface area contributed by atoms with E-state index in [-0.39, 0.29) is 40.8 Å². The molecule has 5 atom stereocenters. The summed E-state index contributed by atoms with van der Waals surface area (Å²) in [4.78, 5) is 33.3. The molecule has 2 aliphatic heterocycles. The lowest BCUT2D eigenvalue weighted by Gasteiger charge is -2.40. The molecule has 0 spiro atoms. The number of ether oxygens (including phenoxy) is 1. The Balaban J connectivity index is 1.57. The average molecular weight is 451 g/mol. The second-order valence-corrected chi connectivity index (χ2v) is 9.69. The van der Waals surface area contributed by atoms with Crippen LogP contribution in [0.1, 0.15) is 49.4 Å². The number of ketones is 1. The molecular formula is C26H27ClN2O3. The summed E-state index contributed by atoms with van der Waals surface area (Å²) in [6.07, 6.45) is 5.38. The topological polar surface area (TPSA) is 59.5 Å². The molecule has 1 aliphatic carbocycles. The molecule has 166 valence electrons. The standard InChI is InChI=1S/C26H27ClN2O3/c1-3-16-6-8-18(9-7-16)23-22-24(30)19-12-20(27)15(2)11-21(19)32-25(22)26(31)29(23)14-17-5-4-10-28-13-17/h4-10,13,15,19-21,23H,3,11-12,14H2,1-2H3. The predicted molar refractivity (Wildman–Crippen MR) is 122 cm³/mol. The summed E-state index contributed by atoms with van der Waals surface area (Å²) in [6, 6.07) is 11.5. The van der Waals surface area contributed by atoms with Gasteiger partial charge in [0.25, 0.3) is 5.91 Å². The van der Waals surface area contributed by atoms with Gasteiger partial charge in [-0.1, -0.05) is 44.2 Å². The Morgan fingerprint density at radius 3 is 2.59 bits per heavy atom. The lowest BCUT2D eigenvalue weighted by atomic mass is 9.74. The van der Waals surface area contributed by atoms with Crippen molar-refractivity contribution < 1.29 is 14.3 Å². The van der Waals surface area contributed by atoms with E-state index in [4.69, 9.17) is 16.3 Å². The number of carbonyl (C=O) groups excluding carboxylic acids is 2. The SMILES string of the molecule is CCc1ccc(C2C3=C(OC4CC(C)C(Cl)CC4C3=O)C(=O)N2Cc2cccnc2)cc1. The third-order valence-electron chi connectivity index (χ3n) is 7.09. The predicted octanol–water partition coefficient (Wildman–Crippen LogP) is 4.60. The summed E-state index contributed by atoms with van der Waals surface area (Å²) < 4.78 is 6.27. The smallest absolute Gasteiger partial charge is 0.290 e. The minimum Gasteiger partial charge on any atom is -0.483 e. The molecule has 3 heterocycles. The fourth-order valence-corrected chi connectivity index (χ4v) is 5.49. The van der Waals surface area contributed by atoms with Crippen molar-refractivity contribution in [2.24, 2.45) is 11.8 Å². The van der Waals surface area contributed by atoms with Gasteiger partial charge in [-0.2, -0.15) is 0 Å².